The van der Waals surface area contributed by atoms with Crippen molar-refractivity contribution in [2.45, 2.75) is 69.6 Å². The molecule has 0 spiro atoms. The van der Waals surface area contributed by atoms with Gasteiger partial charge < -0.3 is 10.0 Å². The van der Waals surface area contributed by atoms with E-state index in [1.54, 1.807) is 20.2 Å². The van der Waals surface area contributed by atoms with Crippen LogP contribution in [-0.2, 0) is 11.2 Å². The van der Waals surface area contributed by atoms with Crippen LogP contribution in [0, 0.1) is 5.92 Å². The Hall–Kier alpha value is -1.68. The maximum atomic E-state index is 14.2. The zero-order chi connectivity index (χ0) is 19.7. The van der Waals surface area contributed by atoms with Crippen LogP contribution in [0.25, 0.3) is 0 Å². The second-order valence-corrected chi connectivity index (χ2v) is 8.18. The van der Waals surface area contributed by atoms with Crippen LogP contribution in [-0.4, -0.2) is 41.8 Å². The first-order valence-corrected chi connectivity index (χ1v) is 10.2. The number of hydrogen-bond acceptors (Lipinski definition) is 2. The van der Waals surface area contributed by atoms with Gasteiger partial charge in [-0.15, -0.1) is 0 Å². The molecule has 1 fully saturated rings. The number of carbonyl (C=O) groups excluding carboxylic acids is 1. The van der Waals surface area contributed by atoms with Crippen molar-refractivity contribution in [1.82, 2.24) is 4.90 Å². The van der Waals surface area contributed by atoms with E-state index in [-0.39, 0.29) is 18.2 Å². The third kappa shape index (κ3) is 7.84. The molecule has 0 aliphatic heterocycles. The van der Waals surface area contributed by atoms with Gasteiger partial charge >= 0.3 is 0 Å². The molecule has 1 aliphatic rings. The molecule has 0 heterocycles. The third-order valence-corrected chi connectivity index (χ3v) is 5.47. The molecule has 150 valence electrons. The number of benzene rings is 1. The molecule has 1 N–H and O–H groups in total. The molecule has 3 nitrogen and oxygen atoms in total. The molecular formula is C23H34FNO2. The highest BCUT2D eigenvalue weighted by atomic mass is 19.1. The highest BCUT2D eigenvalue weighted by Crippen LogP contribution is 2.36. The van der Waals surface area contributed by atoms with Gasteiger partial charge in [-0.3, -0.25) is 4.79 Å². The molecule has 1 aromatic carbocycles. The lowest BCUT2D eigenvalue weighted by Crippen LogP contribution is -2.40. The monoisotopic (exact) mass is 375 g/mol. The summed E-state index contributed by atoms with van der Waals surface area (Å²) < 4.78 is 14.2. The second kappa shape index (κ2) is 10.6. The van der Waals surface area contributed by atoms with E-state index in [9.17, 15) is 14.3 Å². The van der Waals surface area contributed by atoms with Crippen molar-refractivity contribution in [2.24, 2.45) is 5.92 Å². The molecule has 0 radical (unpaired) electrons. The fourth-order valence-electron chi connectivity index (χ4n) is 3.84. The number of aryl methyl sites for hydroxylation is 1. The molecule has 3 atom stereocenters. The molecule has 1 amide bonds. The van der Waals surface area contributed by atoms with Gasteiger partial charge in [-0.25, -0.2) is 4.39 Å². The minimum absolute atomic E-state index is 0.0519. The Bertz CT molecular complexity index is 602. The first-order chi connectivity index (χ1) is 12.9. The summed E-state index contributed by atoms with van der Waals surface area (Å²) in [5, 5.41) is 10.7. The maximum Gasteiger partial charge on any atom is 0.224 e. The van der Waals surface area contributed by atoms with Gasteiger partial charge in [-0.05, 0) is 62.8 Å². The van der Waals surface area contributed by atoms with Crippen LogP contribution in [0.5, 0.6) is 0 Å². The Morgan fingerprint density at radius 1 is 1.33 bits per heavy atom. The lowest BCUT2D eigenvalue weighted by atomic mass is 9.76. The Morgan fingerprint density at radius 2 is 2.07 bits per heavy atom. The van der Waals surface area contributed by atoms with Crippen LogP contribution in [0.3, 0.4) is 0 Å². The number of carbonyl (C=O) groups is 1. The molecule has 0 unspecified atom stereocenters. The summed E-state index contributed by atoms with van der Waals surface area (Å²) >= 11 is 0. The summed E-state index contributed by atoms with van der Waals surface area (Å²) in [4.78, 5) is 13.4. The van der Waals surface area contributed by atoms with E-state index >= 15 is 0 Å². The van der Waals surface area contributed by atoms with Crippen LogP contribution in [0.1, 0.15) is 56.9 Å². The number of nitrogens with zero attached hydrogens (tertiary/aromatic N) is 1. The van der Waals surface area contributed by atoms with Crippen molar-refractivity contribution in [2.75, 3.05) is 14.1 Å². The van der Waals surface area contributed by atoms with Gasteiger partial charge in [0.25, 0.3) is 0 Å². The zero-order valence-electron chi connectivity index (χ0n) is 16.7. The Labute approximate surface area is 163 Å². The smallest absolute Gasteiger partial charge is 0.224 e. The van der Waals surface area contributed by atoms with Gasteiger partial charge in [0.2, 0.25) is 5.91 Å². The van der Waals surface area contributed by atoms with E-state index in [1.165, 1.54) is 10.5 Å². The number of alkyl halides is 1. The average molecular weight is 376 g/mol. The van der Waals surface area contributed by atoms with Crippen LogP contribution in [0.15, 0.2) is 42.5 Å². The van der Waals surface area contributed by atoms with E-state index in [2.05, 4.69) is 12.1 Å². The van der Waals surface area contributed by atoms with Gasteiger partial charge in [0.05, 0.1) is 12.0 Å². The van der Waals surface area contributed by atoms with Crippen LogP contribution < -0.4 is 0 Å². The van der Waals surface area contributed by atoms with E-state index < -0.39 is 11.8 Å². The fourth-order valence-corrected chi connectivity index (χ4v) is 3.84. The summed E-state index contributed by atoms with van der Waals surface area (Å²) in [5.74, 6) is 0.102. The second-order valence-electron chi connectivity index (χ2n) is 8.18. The average Bonchev–Trinajstić information content (AvgIpc) is 2.64. The van der Waals surface area contributed by atoms with Gasteiger partial charge in [0, 0.05) is 14.1 Å². The molecule has 2 rings (SSSR count). The standard InChI is InChI=1S/C23H34FNO2/c1-25(2)22(26)18-23(27)16-8-12-20(17-23)14-15-21(24)13-7-6-11-19-9-4-3-5-10-19/h3-5,9-10,14-15,20-21,27H,6-8,11-13,16-18H2,1-2H3/b15-14+/t20-,21-,23-/m1/s1. The van der Waals surface area contributed by atoms with Crippen molar-refractivity contribution in [3.05, 3.63) is 48.0 Å². The number of aliphatic hydroxyl groups is 1. The van der Waals surface area contributed by atoms with Crippen molar-refractivity contribution >= 4 is 5.91 Å². The molecule has 1 aromatic rings. The quantitative estimate of drug-likeness (QED) is 0.502. The van der Waals surface area contributed by atoms with Gasteiger partial charge in [0.15, 0.2) is 0 Å². The van der Waals surface area contributed by atoms with Crippen molar-refractivity contribution < 1.29 is 14.3 Å². The molecule has 1 saturated carbocycles. The molecule has 4 heteroatoms. The number of rotatable bonds is 9. The lowest BCUT2D eigenvalue weighted by Gasteiger charge is -2.36. The number of amides is 1. The summed E-state index contributed by atoms with van der Waals surface area (Å²) in [6.45, 7) is 0. The third-order valence-electron chi connectivity index (χ3n) is 5.47. The van der Waals surface area contributed by atoms with Crippen LogP contribution in [0.4, 0.5) is 4.39 Å². The predicted octanol–water partition coefficient (Wildman–Crippen LogP) is 4.69. The van der Waals surface area contributed by atoms with Crippen molar-refractivity contribution in [1.29, 1.82) is 0 Å². The summed E-state index contributed by atoms with van der Waals surface area (Å²) in [5.41, 5.74) is 0.355. The fraction of sp³-hybridized carbons (Fsp3) is 0.609. The van der Waals surface area contributed by atoms with Crippen LogP contribution in [0.2, 0.25) is 0 Å². The summed E-state index contributed by atoms with van der Waals surface area (Å²) in [7, 11) is 3.41. The molecule has 0 bridgehead atoms. The maximum absolute atomic E-state index is 14.2. The highest BCUT2D eigenvalue weighted by molar-refractivity contribution is 5.76. The van der Waals surface area contributed by atoms with Crippen LogP contribution >= 0.6 is 0 Å². The zero-order valence-corrected chi connectivity index (χ0v) is 16.7. The normalized spacial score (nSPS) is 24.1. The van der Waals surface area contributed by atoms with Crippen molar-refractivity contribution in [3.63, 3.8) is 0 Å². The van der Waals surface area contributed by atoms with Gasteiger partial charge in [-0.2, -0.15) is 0 Å². The van der Waals surface area contributed by atoms with Gasteiger partial charge in [-0.1, -0.05) is 42.5 Å². The Morgan fingerprint density at radius 3 is 2.78 bits per heavy atom. The number of halogens is 1. The number of hydrogen-bond donors (Lipinski definition) is 1. The van der Waals surface area contributed by atoms with E-state index in [4.69, 9.17) is 0 Å². The molecule has 0 saturated heterocycles. The van der Waals surface area contributed by atoms with Crippen molar-refractivity contribution in [3.8, 4) is 0 Å². The molecule has 1 aliphatic carbocycles. The van der Waals surface area contributed by atoms with E-state index in [1.807, 2.05) is 24.3 Å². The minimum atomic E-state index is -0.948. The topological polar surface area (TPSA) is 40.5 Å². The summed E-state index contributed by atoms with van der Waals surface area (Å²) in [6, 6.07) is 10.3. The SMILES string of the molecule is CN(C)C(=O)C[C@@]1(O)CCC[C@H](/C=C/[C@H](F)CCCCc2ccccc2)C1. The van der Waals surface area contributed by atoms with E-state index in [0.29, 0.717) is 19.3 Å². The molecule has 0 aromatic heterocycles. The minimum Gasteiger partial charge on any atom is -0.389 e. The summed E-state index contributed by atoms with van der Waals surface area (Å²) in [6.07, 6.45) is 9.23. The highest BCUT2D eigenvalue weighted by Gasteiger charge is 2.35. The Kier molecular flexibility index (Phi) is 8.49. The molecular weight excluding hydrogens is 341 g/mol. The number of allylic oxidation sites excluding steroid dienone is 2. The Balaban J connectivity index is 1.71. The van der Waals surface area contributed by atoms with Gasteiger partial charge in [0.1, 0.15) is 6.17 Å². The first-order valence-electron chi connectivity index (χ1n) is 10.2. The first kappa shape index (κ1) is 21.6. The van der Waals surface area contributed by atoms with E-state index in [0.717, 1.165) is 32.1 Å². The molecule has 27 heavy (non-hydrogen) atoms. The number of unbranched alkanes of at least 4 members (excludes halogenated alkanes) is 1. The predicted molar refractivity (Wildman–Crippen MR) is 108 cm³/mol. The largest absolute Gasteiger partial charge is 0.389 e. The lowest BCUT2D eigenvalue weighted by molar-refractivity contribution is -0.135.